The van der Waals surface area contributed by atoms with E-state index in [0.29, 0.717) is 44.9 Å². The molecular weight excluding hydrogens is 897 g/mol. The first kappa shape index (κ1) is 52.8. The van der Waals surface area contributed by atoms with Gasteiger partial charge in [0.15, 0.2) is 12.6 Å². The average Bonchev–Trinajstić information content (AvgIpc) is 3.28. The lowest BCUT2D eigenvalue weighted by Crippen LogP contribution is -2.71. The van der Waals surface area contributed by atoms with Crippen molar-refractivity contribution in [1.29, 1.82) is 0 Å². The topological polar surface area (TPSA) is 335 Å². The van der Waals surface area contributed by atoms with Crippen LogP contribution in [0.3, 0.4) is 0 Å². The number of rotatable bonds is 9. The summed E-state index contributed by atoms with van der Waals surface area (Å²) in [5.41, 5.74) is -3.01. The van der Waals surface area contributed by atoms with Crippen molar-refractivity contribution in [3.63, 3.8) is 0 Å². The molecule has 68 heavy (non-hydrogen) atoms. The number of aliphatic hydroxyl groups is 13. The Morgan fingerprint density at radius 1 is 0.676 bits per heavy atom. The molecule has 0 aromatic carbocycles. The van der Waals surface area contributed by atoms with Crippen LogP contribution in [0.5, 0.6) is 0 Å². The first-order valence-corrected chi connectivity index (χ1v) is 24.5. The first-order chi connectivity index (χ1) is 31.7. The first-order valence-electron chi connectivity index (χ1n) is 24.5. The third-order valence-corrected chi connectivity index (χ3v) is 19.3. The Balaban J connectivity index is 0.991. The number of allylic oxidation sites excluding steroid dienone is 2. The van der Waals surface area contributed by atoms with E-state index in [4.69, 9.17) is 28.4 Å². The highest BCUT2D eigenvalue weighted by molar-refractivity contribution is 5.79. The molecule has 8 rings (SSSR count). The van der Waals surface area contributed by atoms with E-state index in [9.17, 15) is 71.2 Å². The number of hydrogen-bond acceptors (Lipinski definition) is 20. The molecule has 390 valence electrons. The number of ether oxygens (including phenoxy) is 6. The van der Waals surface area contributed by atoms with E-state index >= 15 is 0 Å². The maximum atomic E-state index is 15.0. The molecule has 0 amide bonds. The average molecular weight is 975 g/mol. The Hall–Kier alpha value is -1.51. The van der Waals surface area contributed by atoms with Crippen molar-refractivity contribution in [3.8, 4) is 0 Å². The van der Waals surface area contributed by atoms with Gasteiger partial charge in [-0.2, -0.15) is 0 Å². The highest BCUT2D eigenvalue weighted by Crippen LogP contribution is 2.76. The molecule has 3 aliphatic heterocycles. The van der Waals surface area contributed by atoms with Crippen LogP contribution in [0, 0.1) is 50.2 Å². The zero-order valence-electron chi connectivity index (χ0n) is 40.2. The van der Waals surface area contributed by atoms with Crippen LogP contribution in [0.1, 0.15) is 99.8 Å². The molecule has 5 aliphatic carbocycles. The minimum absolute atomic E-state index is 0.0494. The van der Waals surface area contributed by atoms with Crippen molar-refractivity contribution in [2.24, 2.45) is 50.2 Å². The summed E-state index contributed by atoms with van der Waals surface area (Å²) < 4.78 is 34.6. The van der Waals surface area contributed by atoms with Gasteiger partial charge in [0.05, 0.1) is 49.7 Å². The standard InChI is InChI=1S/C48H78O20/c1-20-28(53)30(55)33(58)40(64-20)67-36-25(17-49)65-39(35(60)32(36)57)63-18-26-29(54)31(56)34(59)41(66-26)68-42(62)48-12-10-43(2,3)14-22(48)21-8-9-27-44(4)15-24(52)38(61)45(5,19-50)37(44)23(51)16-47(27,7)46(21,6)11-13-48/h8,20,22-41,49-61H,9-19H2,1-7H3/t20-,22-,23+,24+,25+,26+,27-,28-,29+,30+,31-,32+,33+,34+,35+,36+,37+,38-,39+,40-,41-,44+,45-,46+,47+,48-/m0/s1. The zero-order chi connectivity index (χ0) is 50.0. The van der Waals surface area contributed by atoms with Gasteiger partial charge in [0.1, 0.15) is 67.1 Å². The van der Waals surface area contributed by atoms with Crippen molar-refractivity contribution in [2.45, 2.75) is 210 Å². The smallest absolute Gasteiger partial charge is 0.315 e. The maximum Gasteiger partial charge on any atom is 0.315 e. The van der Waals surface area contributed by atoms with Gasteiger partial charge in [0.25, 0.3) is 0 Å². The number of aliphatic hydroxyl groups excluding tert-OH is 13. The molecule has 8 aliphatic rings. The van der Waals surface area contributed by atoms with Gasteiger partial charge in [-0.3, -0.25) is 4.79 Å². The highest BCUT2D eigenvalue weighted by atomic mass is 16.8. The lowest BCUT2D eigenvalue weighted by Gasteiger charge is -2.72. The summed E-state index contributed by atoms with van der Waals surface area (Å²) in [6.07, 6.45) is -21.7. The van der Waals surface area contributed by atoms with E-state index in [2.05, 4.69) is 40.7 Å². The van der Waals surface area contributed by atoms with Gasteiger partial charge < -0.3 is 94.8 Å². The van der Waals surface area contributed by atoms with Gasteiger partial charge in [-0.15, -0.1) is 0 Å². The van der Waals surface area contributed by atoms with E-state index in [-0.39, 0.29) is 23.7 Å². The molecule has 20 heteroatoms. The highest BCUT2D eigenvalue weighted by Gasteiger charge is 2.73. The van der Waals surface area contributed by atoms with Gasteiger partial charge in [-0.1, -0.05) is 53.2 Å². The van der Waals surface area contributed by atoms with Crippen LogP contribution in [-0.2, 0) is 33.2 Å². The van der Waals surface area contributed by atoms with Crippen molar-refractivity contribution >= 4 is 5.97 Å². The molecule has 4 saturated carbocycles. The van der Waals surface area contributed by atoms with Gasteiger partial charge in [-0.05, 0) is 91.8 Å². The molecule has 0 spiro atoms. The van der Waals surface area contributed by atoms with Crippen molar-refractivity contribution < 1.29 is 99.6 Å². The Morgan fingerprint density at radius 2 is 1.29 bits per heavy atom. The van der Waals surface area contributed by atoms with Crippen LogP contribution >= 0.6 is 0 Å². The monoisotopic (exact) mass is 975 g/mol. The Bertz CT molecular complexity index is 1870. The molecule has 0 aromatic heterocycles. The van der Waals surface area contributed by atoms with Crippen LogP contribution in [0.2, 0.25) is 0 Å². The fourth-order valence-electron chi connectivity index (χ4n) is 15.1. The van der Waals surface area contributed by atoms with Gasteiger partial charge in [-0.25, -0.2) is 0 Å². The van der Waals surface area contributed by atoms with E-state index in [1.165, 1.54) is 6.92 Å². The predicted molar refractivity (Wildman–Crippen MR) is 233 cm³/mol. The van der Waals surface area contributed by atoms with Crippen LogP contribution in [-0.4, -0.2) is 203 Å². The maximum absolute atomic E-state index is 15.0. The lowest BCUT2D eigenvalue weighted by molar-refractivity contribution is -0.361. The minimum atomic E-state index is -1.89. The van der Waals surface area contributed by atoms with Gasteiger partial charge in [0.2, 0.25) is 6.29 Å². The van der Waals surface area contributed by atoms with Crippen molar-refractivity contribution in [2.75, 3.05) is 19.8 Å². The zero-order valence-corrected chi connectivity index (χ0v) is 40.2. The summed E-state index contributed by atoms with van der Waals surface area (Å²) in [4.78, 5) is 15.0. The third kappa shape index (κ3) is 8.07. The normalized spacial score (nSPS) is 55.7. The molecule has 26 atom stereocenters. The van der Waals surface area contributed by atoms with Gasteiger partial charge >= 0.3 is 5.97 Å². The lowest BCUT2D eigenvalue weighted by atomic mass is 9.33. The second-order valence-electron chi connectivity index (χ2n) is 23.7. The molecule has 3 heterocycles. The van der Waals surface area contributed by atoms with E-state index < -0.39 is 169 Å². The van der Waals surface area contributed by atoms with Crippen molar-refractivity contribution in [1.82, 2.24) is 0 Å². The molecule has 0 bridgehead atoms. The van der Waals surface area contributed by atoms with Crippen LogP contribution < -0.4 is 0 Å². The fourth-order valence-corrected chi connectivity index (χ4v) is 15.1. The summed E-state index contributed by atoms with van der Waals surface area (Å²) in [5, 5.41) is 142. The molecule has 0 radical (unpaired) electrons. The van der Waals surface area contributed by atoms with Gasteiger partial charge in [0, 0.05) is 11.3 Å². The number of esters is 1. The van der Waals surface area contributed by atoms with E-state index in [0.717, 1.165) is 5.57 Å². The molecule has 20 nitrogen and oxygen atoms in total. The summed E-state index contributed by atoms with van der Waals surface area (Å²) in [6.45, 7) is 12.1. The number of fused-ring (bicyclic) bond motifs is 7. The summed E-state index contributed by atoms with van der Waals surface area (Å²) >= 11 is 0. The quantitative estimate of drug-likeness (QED) is 0.0885. The molecule has 0 aromatic rings. The van der Waals surface area contributed by atoms with E-state index in [1.54, 1.807) is 6.92 Å². The van der Waals surface area contributed by atoms with Crippen LogP contribution in [0.25, 0.3) is 0 Å². The predicted octanol–water partition coefficient (Wildman–Crippen LogP) is -1.92. The summed E-state index contributed by atoms with van der Waals surface area (Å²) in [5.74, 6) is -1.51. The van der Waals surface area contributed by atoms with E-state index in [1.807, 2.05) is 0 Å². The number of carbonyl (C=O) groups excluding carboxylic acids is 1. The van der Waals surface area contributed by atoms with Crippen LogP contribution in [0.15, 0.2) is 11.6 Å². The Morgan fingerprint density at radius 3 is 1.96 bits per heavy atom. The summed E-state index contributed by atoms with van der Waals surface area (Å²) in [6, 6.07) is 0. The Kier molecular flexibility index (Phi) is 14.3. The second-order valence-corrected chi connectivity index (χ2v) is 23.7. The second kappa shape index (κ2) is 18.5. The molecule has 13 N–H and O–H groups in total. The SMILES string of the molecule is C[C@@H]1O[C@@H](O[C@H]2[C@H](O)[C@@H](O)[C@H](OC[C@H]3O[C@@H](OC(=O)[C@]45CCC(C)(C)C[C@H]4C4=CC[C@H]6[C@@]7(C)C[C@@H](O)[C@H](O)[C@@](C)(CO)[C@@H]7[C@H](O)C[C@@]6(C)[C@]4(C)CC5)[C@H](O)[C@@H](O)[C@@H]3O)O[C@@H]2CO)[C@H](O)[C@H](O)[C@H]1O. The van der Waals surface area contributed by atoms with Crippen molar-refractivity contribution in [3.05, 3.63) is 11.6 Å². The molecule has 7 fully saturated rings. The van der Waals surface area contributed by atoms with Crippen LogP contribution in [0.4, 0.5) is 0 Å². The number of carbonyl (C=O) groups is 1. The summed E-state index contributed by atoms with van der Waals surface area (Å²) in [7, 11) is 0. The minimum Gasteiger partial charge on any atom is -0.432 e. The Labute approximate surface area is 396 Å². The molecule has 3 saturated heterocycles. The number of hydrogen-bond donors (Lipinski definition) is 13. The molecular formula is C48H78O20. The third-order valence-electron chi connectivity index (χ3n) is 19.3. The fraction of sp³-hybridized carbons (Fsp3) is 0.938. The molecule has 0 unspecified atom stereocenters. The largest absolute Gasteiger partial charge is 0.432 e.